The van der Waals surface area contributed by atoms with Crippen LogP contribution in [-0.4, -0.2) is 54.0 Å². The number of amides is 2. The number of likely N-dealkylation sites (tertiary alicyclic amines) is 1. The van der Waals surface area contributed by atoms with Gasteiger partial charge in [0.1, 0.15) is 5.82 Å². The zero-order valence-corrected chi connectivity index (χ0v) is 13.7. The molecule has 0 bridgehead atoms. The Morgan fingerprint density at radius 2 is 2.08 bits per heavy atom. The molecule has 1 aromatic rings. The smallest absolute Gasteiger partial charge is 0.242 e. The van der Waals surface area contributed by atoms with E-state index in [0.717, 1.165) is 31.4 Å². The Labute approximate surface area is 141 Å². The maximum absolute atomic E-state index is 13.1. The highest BCUT2D eigenvalue weighted by molar-refractivity contribution is 5.85. The quantitative estimate of drug-likeness (QED) is 0.799. The van der Waals surface area contributed by atoms with Gasteiger partial charge in [0.25, 0.3) is 0 Å². The molecule has 3 rings (SSSR count). The van der Waals surface area contributed by atoms with E-state index in [2.05, 4.69) is 0 Å². The minimum absolute atomic E-state index is 0.0437. The second-order valence-electron chi connectivity index (χ2n) is 6.45. The lowest BCUT2D eigenvalue weighted by Crippen LogP contribution is -2.43. The molecule has 1 aromatic carbocycles. The van der Waals surface area contributed by atoms with Gasteiger partial charge in [-0.3, -0.25) is 9.59 Å². The van der Waals surface area contributed by atoms with E-state index in [1.165, 1.54) is 12.1 Å². The van der Waals surface area contributed by atoms with Crippen LogP contribution in [0.25, 0.3) is 0 Å². The van der Waals surface area contributed by atoms with Gasteiger partial charge in [-0.1, -0.05) is 12.1 Å². The molecule has 2 heterocycles. The van der Waals surface area contributed by atoms with Crippen LogP contribution < -0.4 is 0 Å². The van der Waals surface area contributed by atoms with Gasteiger partial charge in [0.15, 0.2) is 0 Å². The summed E-state index contributed by atoms with van der Waals surface area (Å²) in [5.41, 5.74) is 0.871. The van der Waals surface area contributed by atoms with Crippen molar-refractivity contribution in [2.75, 3.05) is 26.2 Å². The standard InChI is InChI=1S/C18H23FN2O3/c19-15-7-5-14(6-8-15)11-21(12-16-3-2-10-24-16)18(23)13-20-9-1-4-17(20)22/h5-8,16H,1-4,9-13H2. The summed E-state index contributed by atoms with van der Waals surface area (Å²) in [6.07, 6.45) is 3.33. The molecule has 5 nitrogen and oxygen atoms in total. The molecule has 2 saturated heterocycles. The molecule has 2 aliphatic heterocycles. The number of ether oxygens (including phenoxy) is 1. The Hall–Kier alpha value is -1.95. The second kappa shape index (κ2) is 7.75. The van der Waals surface area contributed by atoms with Gasteiger partial charge in [-0.2, -0.15) is 0 Å². The van der Waals surface area contributed by atoms with Gasteiger partial charge in [-0.25, -0.2) is 4.39 Å². The summed E-state index contributed by atoms with van der Waals surface area (Å²) < 4.78 is 18.7. The van der Waals surface area contributed by atoms with E-state index < -0.39 is 0 Å². The molecule has 130 valence electrons. The van der Waals surface area contributed by atoms with Crippen LogP contribution in [0.5, 0.6) is 0 Å². The van der Waals surface area contributed by atoms with E-state index in [0.29, 0.717) is 26.1 Å². The number of carbonyl (C=O) groups excluding carboxylic acids is 2. The lowest BCUT2D eigenvalue weighted by atomic mass is 10.1. The Morgan fingerprint density at radius 1 is 1.29 bits per heavy atom. The Bertz CT molecular complexity index is 584. The molecular formula is C18H23FN2O3. The number of carbonyl (C=O) groups is 2. The van der Waals surface area contributed by atoms with Crippen LogP contribution >= 0.6 is 0 Å². The molecule has 1 atom stereocenters. The minimum atomic E-state index is -0.293. The highest BCUT2D eigenvalue weighted by Gasteiger charge is 2.27. The fraction of sp³-hybridized carbons (Fsp3) is 0.556. The average Bonchev–Trinajstić information content (AvgIpc) is 3.21. The Morgan fingerprint density at radius 3 is 2.71 bits per heavy atom. The number of halogens is 1. The average molecular weight is 334 g/mol. The zero-order valence-electron chi connectivity index (χ0n) is 13.7. The summed E-state index contributed by atoms with van der Waals surface area (Å²) in [5, 5.41) is 0. The third kappa shape index (κ3) is 4.32. The van der Waals surface area contributed by atoms with Gasteiger partial charge in [0, 0.05) is 32.7 Å². The van der Waals surface area contributed by atoms with Crippen LogP contribution in [0.15, 0.2) is 24.3 Å². The molecule has 0 spiro atoms. The first-order valence-electron chi connectivity index (χ1n) is 8.53. The summed E-state index contributed by atoms with van der Waals surface area (Å²) in [5.74, 6) is -0.328. The maximum atomic E-state index is 13.1. The van der Waals surface area contributed by atoms with Crippen LogP contribution in [-0.2, 0) is 20.9 Å². The van der Waals surface area contributed by atoms with Crippen LogP contribution in [0.3, 0.4) is 0 Å². The van der Waals surface area contributed by atoms with E-state index >= 15 is 0 Å². The van der Waals surface area contributed by atoms with Gasteiger partial charge in [0.05, 0.1) is 12.6 Å². The SMILES string of the molecule is O=C1CCCN1CC(=O)N(Cc1ccc(F)cc1)CC1CCCO1. The van der Waals surface area contributed by atoms with Crippen molar-refractivity contribution >= 4 is 11.8 Å². The van der Waals surface area contributed by atoms with Gasteiger partial charge >= 0.3 is 0 Å². The van der Waals surface area contributed by atoms with Crippen molar-refractivity contribution in [1.29, 1.82) is 0 Å². The first kappa shape index (κ1) is 16.9. The van der Waals surface area contributed by atoms with Crippen molar-refractivity contribution in [3.63, 3.8) is 0 Å². The molecule has 2 aliphatic rings. The molecule has 2 fully saturated rings. The summed E-state index contributed by atoms with van der Waals surface area (Å²) in [4.78, 5) is 27.8. The van der Waals surface area contributed by atoms with Gasteiger partial charge in [0.2, 0.25) is 11.8 Å². The largest absolute Gasteiger partial charge is 0.376 e. The molecule has 24 heavy (non-hydrogen) atoms. The van der Waals surface area contributed by atoms with Crippen LogP contribution in [0.1, 0.15) is 31.2 Å². The summed E-state index contributed by atoms with van der Waals surface area (Å²) in [6, 6.07) is 6.17. The highest BCUT2D eigenvalue weighted by Crippen LogP contribution is 2.17. The van der Waals surface area contributed by atoms with Crippen molar-refractivity contribution in [3.8, 4) is 0 Å². The van der Waals surface area contributed by atoms with Crippen LogP contribution in [0.2, 0.25) is 0 Å². The normalized spacial score (nSPS) is 20.6. The summed E-state index contributed by atoms with van der Waals surface area (Å²) in [7, 11) is 0. The Balaban J connectivity index is 1.66. The van der Waals surface area contributed by atoms with Crippen molar-refractivity contribution < 1.29 is 18.7 Å². The fourth-order valence-electron chi connectivity index (χ4n) is 3.23. The van der Waals surface area contributed by atoms with Crippen molar-refractivity contribution in [1.82, 2.24) is 9.80 Å². The third-order valence-electron chi connectivity index (χ3n) is 4.58. The first-order chi connectivity index (χ1) is 11.6. The number of benzene rings is 1. The fourth-order valence-corrected chi connectivity index (χ4v) is 3.23. The number of hydrogen-bond donors (Lipinski definition) is 0. The van der Waals surface area contributed by atoms with E-state index in [1.807, 2.05) is 0 Å². The monoisotopic (exact) mass is 334 g/mol. The van der Waals surface area contributed by atoms with E-state index in [4.69, 9.17) is 4.74 Å². The van der Waals surface area contributed by atoms with Gasteiger partial charge in [-0.05, 0) is 37.0 Å². The van der Waals surface area contributed by atoms with E-state index in [9.17, 15) is 14.0 Å². The molecule has 0 aromatic heterocycles. The highest BCUT2D eigenvalue weighted by atomic mass is 19.1. The third-order valence-corrected chi connectivity index (χ3v) is 4.58. The summed E-state index contributed by atoms with van der Waals surface area (Å²) in [6.45, 7) is 2.41. The molecular weight excluding hydrogens is 311 g/mol. The lowest BCUT2D eigenvalue weighted by Gasteiger charge is -2.27. The van der Waals surface area contributed by atoms with E-state index in [1.54, 1.807) is 21.9 Å². The second-order valence-corrected chi connectivity index (χ2v) is 6.45. The lowest BCUT2D eigenvalue weighted by molar-refractivity contribution is -0.139. The summed E-state index contributed by atoms with van der Waals surface area (Å²) >= 11 is 0. The molecule has 0 radical (unpaired) electrons. The molecule has 2 amide bonds. The zero-order chi connectivity index (χ0) is 16.9. The predicted octanol–water partition coefficient (Wildman–Crippen LogP) is 1.96. The number of rotatable bonds is 6. The van der Waals surface area contributed by atoms with Crippen LogP contribution in [0, 0.1) is 5.82 Å². The van der Waals surface area contributed by atoms with Crippen molar-refractivity contribution in [2.45, 2.75) is 38.3 Å². The van der Waals surface area contributed by atoms with Gasteiger partial charge < -0.3 is 14.5 Å². The van der Waals surface area contributed by atoms with Crippen LogP contribution in [0.4, 0.5) is 4.39 Å². The van der Waals surface area contributed by atoms with Crippen molar-refractivity contribution in [2.24, 2.45) is 0 Å². The Kier molecular flexibility index (Phi) is 5.45. The topological polar surface area (TPSA) is 49.9 Å². The maximum Gasteiger partial charge on any atom is 0.242 e. The van der Waals surface area contributed by atoms with Gasteiger partial charge in [-0.15, -0.1) is 0 Å². The number of hydrogen-bond acceptors (Lipinski definition) is 3. The molecule has 0 aliphatic carbocycles. The predicted molar refractivity (Wildman–Crippen MR) is 86.6 cm³/mol. The molecule has 0 saturated carbocycles. The molecule has 6 heteroatoms. The number of nitrogens with zero attached hydrogens (tertiary/aromatic N) is 2. The molecule has 0 N–H and O–H groups in total. The minimum Gasteiger partial charge on any atom is -0.376 e. The first-order valence-corrected chi connectivity index (χ1v) is 8.53. The molecule has 1 unspecified atom stereocenters. The van der Waals surface area contributed by atoms with E-state index in [-0.39, 0.29) is 30.3 Å². The van der Waals surface area contributed by atoms with Crippen molar-refractivity contribution in [3.05, 3.63) is 35.6 Å².